The highest BCUT2D eigenvalue weighted by atomic mass is 32.1. The van der Waals surface area contributed by atoms with Gasteiger partial charge in [0.1, 0.15) is 12.3 Å². The molecule has 2 heterocycles. The van der Waals surface area contributed by atoms with Gasteiger partial charge in [0, 0.05) is 31.5 Å². The van der Waals surface area contributed by atoms with Gasteiger partial charge >= 0.3 is 0 Å². The summed E-state index contributed by atoms with van der Waals surface area (Å²) >= 11 is 1.40. The van der Waals surface area contributed by atoms with E-state index in [1.165, 1.54) is 11.3 Å². The number of carbonyl (C=O) groups excluding carboxylic acids is 2. The minimum absolute atomic E-state index is 0.0496. The smallest absolute Gasteiger partial charge is 0.264 e. The number of rotatable bonds is 12. The van der Waals surface area contributed by atoms with E-state index in [0.717, 1.165) is 29.0 Å². The van der Waals surface area contributed by atoms with Crippen LogP contribution in [0, 0.1) is 0 Å². The van der Waals surface area contributed by atoms with Crippen LogP contribution in [0.4, 0.5) is 0 Å². The number of hydrogen-bond acceptors (Lipinski definition) is 4. The molecular formula is C30H33N3O3S. The predicted octanol–water partition coefficient (Wildman–Crippen LogP) is 5.69. The van der Waals surface area contributed by atoms with Crippen LogP contribution in [0.3, 0.4) is 0 Å². The number of carbonyl (C=O) groups is 2. The average Bonchev–Trinajstić information content (AvgIpc) is 3.61. The van der Waals surface area contributed by atoms with Gasteiger partial charge < -0.3 is 19.1 Å². The fourth-order valence-corrected chi connectivity index (χ4v) is 4.98. The summed E-state index contributed by atoms with van der Waals surface area (Å²) in [6, 6.07) is 25.7. The Morgan fingerprint density at radius 2 is 1.70 bits per heavy atom. The third-order valence-corrected chi connectivity index (χ3v) is 7.03. The number of amides is 2. The molecule has 37 heavy (non-hydrogen) atoms. The van der Waals surface area contributed by atoms with E-state index in [1.54, 1.807) is 12.0 Å². The van der Waals surface area contributed by atoms with E-state index in [2.05, 4.69) is 10.6 Å². The number of ether oxygens (including phenoxy) is 1. The Morgan fingerprint density at radius 3 is 2.43 bits per heavy atom. The molecule has 0 aliphatic carbocycles. The lowest BCUT2D eigenvalue weighted by Crippen LogP contribution is -2.42. The fourth-order valence-electron chi connectivity index (χ4n) is 4.29. The van der Waals surface area contributed by atoms with Gasteiger partial charge in [0.2, 0.25) is 5.91 Å². The summed E-state index contributed by atoms with van der Waals surface area (Å²) in [5.74, 6) is 0.654. The van der Waals surface area contributed by atoms with Crippen molar-refractivity contribution in [2.45, 2.75) is 33.0 Å². The summed E-state index contributed by atoms with van der Waals surface area (Å²) in [5.41, 5.74) is 3.19. The van der Waals surface area contributed by atoms with Crippen LogP contribution in [0.15, 0.2) is 90.4 Å². The standard InChI is InChI=1S/C30H33N3O3S/c1-3-16-32(30(35)28-15-9-18-37-28)23-29(34)33(20-24-10-5-4-6-11-24)22-26-13-8-17-31(26)21-25-12-7-14-27(19-25)36-2/h4-15,17-19H,3,16,20-23H2,1-2H3. The van der Waals surface area contributed by atoms with Crippen molar-refractivity contribution in [3.63, 3.8) is 0 Å². The number of thiophene rings is 1. The molecule has 7 heteroatoms. The molecule has 2 aromatic carbocycles. The molecule has 0 atom stereocenters. The van der Waals surface area contributed by atoms with Crippen molar-refractivity contribution in [2.75, 3.05) is 20.2 Å². The minimum Gasteiger partial charge on any atom is -0.497 e. The van der Waals surface area contributed by atoms with Gasteiger partial charge in [0.05, 0.1) is 18.5 Å². The molecule has 0 bridgehead atoms. The first-order chi connectivity index (χ1) is 18.1. The Balaban J connectivity index is 1.55. The molecule has 4 aromatic rings. The lowest BCUT2D eigenvalue weighted by atomic mass is 10.2. The van der Waals surface area contributed by atoms with Gasteiger partial charge in [0.25, 0.3) is 5.91 Å². The fraction of sp³-hybridized carbons (Fsp3) is 0.267. The van der Waals surface area contributed by atoms with Gasteiger partial charge in [-0.15, -0.1) is 11.3 Å². The topological polar surface area (TPSA) is 54.8 Å². The maximum absolute atomic E-state index is 13.7. The van der Waals surface area contributed by atoms with Crippen molar-refractivity contribution in [1.82, 2.24) is 14.4 Å². The van der Waals surface area contributed by atoms with Crippen LogP contribution in [-0.2, 0) is 24.4 Å². The second kappa shape index (κ2) is 12.9. The average molecular weight is 516 g/mol. The summed E-state index contributed by atoms with van der Waals surface area (Å²) < 4.78 is 7.53. The van der Waals surface area contributed by atoms with Crippen LogP contribution in [-0.4, -0.2) is 46.4 Å². The van der Waals surface area contributed by atoms with Gasteiger partial charge in [0.15, 0.2) is 0 Å². The van der Waals surface area contributed by atoms with E-state index in [-0.39, 0.29) is 18.4 Å². The van der Waals surface area contributed by atoms with Crippen molar-refractivity contribution >= 4 is 23.2 Å². The zero-order valence-corrected chi connectivity index (χ0v) is 22.2. The number of nitrogens with zero attached hydrogens (tertiary/aromatic N) is 3. The molecule has 4 rings (SSSR count). The summed E-state index contributed by atoms with van der Waals surface area (Å²) in [6.07, 6.45) is 2.82. The lowest BCUT2D eigenvalue weighted by Gasteiger charge is -2.28. The minimum atomic E-state index is -0.0914. The normalized spacial score (nSPS) is 10.8. The zero-order valence-electron chi connectivity index (χ0n) is 21.4. The van der Waals surface area contributed by atoms with Crippen molar-refractivity contribution in [1.29, 1.82) is 0 Å². The number of aromatic nitrogens is 1. The van der Waals surface area contributed by atoms with E-state index >= 15 is 0 Å². The molecule has 192 valence electrons. The van der Waals surface area contributed by atoms with E-state index < -0.39 is 0 Å². The van der Waals surface area contributed by atoms with E-state index in [0.29, 0.717) is 31.1 Å². The molecule has 6 nitrogen and oxygen atoms in total. The molecular weight excluding hydrogens is 482 g/mol. The second-order valence-electron chi connectivity index (χ2n) is 8.92. The molecule has 0 saturated carbocycles. The zero-order chi connectivity index (χ0) is 26.0. The first-order valence-corrected chi connectivity index (χ1v) is 13.4. The van der Waals surface area contributed by atoms with Crippen LogP contribution >= 0.6 is 11.3 Å². The number of methoxy groups -OCH3 is 1. The molecule has 0 spiro atoms. The van der Waals surface area contributed by atoms with E-state index in [9.17, 15) is 9.59 Å². The highest BCUT2D eigenvalue weighted by Gasteiger charge is 2.23. The summed E-state index contributed by atoms with van der Waals surface area (Å²) in [4.78, 5) is 31.0. The Hall–Kier alpha value is -3.84. The van der Waals surface area contributed by atoms with E-state index in [1.807, 2.05) is 96.2 Å². The first-order valence-electron chi connectivity index (χ1n) is 12.5. The van der Waals surface area contributed by atoms with E-state index in [4.69, 9.17) is 4.74 Å². The molecule has 0 aliphatic heterocycles. The quantitative estimate of drug-likeness (QED) is 0.244. The molecule has 0 fully saturated rings. The monoisotopic (exact) mass is 515 g/mol. The van der Waals surface area contributed by atoms with Crippen LogP contribution in [0.1, 0.15) is 39.8 Å². The molecule has 0 unspecified atom stereocenters. The van der Waals surface area contributed by atoms with Gasteiger partial charge in [-0.2, -0.15) is 0 Å². The van der Waals surface area contributed by atoms with Gasteiger partial charge in [-0.25, -0.2) is 0 Å². The third-order valence-electron chi connectivity index (χ3n) is 6.17. The van der Waals surface area contributed by atoms with Crippen molar-refractivity contribution in [2.24, 2.45) is 0 Å². The summed E-state index contributed by atoms with van der Waals surface area (Å²) in [7, 11) is 1.66. The maximum Gasteiger partial charge on any atom is 0.264 e. The van der Waals surface area contributed by atoms with Gasteiger partial charge in [-0.1, -0.05) is 55.5 Å². The van der Waals surface area contributed by atoms with Crippen LogP contribution in [0.2, 0.25) is 0 Å². The van der Waals surface area contributed by atoms with Crippen LogP contribution in [0.5, 0.6) is 5.75 Å². The van der Waals surface area contributed by atoms with Gasteiger partial charge in [-0.05, 0) is 53.3 Å². The highest BCUT2D eigenvalue weighted by molar-refractivity contribution is 7.12. The summed E-state index contributed by atoms with van der Waals surface area (Å²) in [6.45, 7) is 4.19. The van der Waals surface area contributed by atoms with Crippen molar-refractivity contribution in [3.8, 4) is 5.75 Å². The Labute approximate surface area is 222 Å². The van der Waals surface area contributed by atoms with Crippen molar-refractivity contribution < 1.29 is 14.3 Å². The molecule has 0 saturated heterocycles. The van der Waals surface area contributed by atoms with Crippen molar-refractivity contribution in [3.05, 3.63) is 112 Å². The third kappa shape index (κ3) is 7.11. The maximum atomic E-state index is 13.7. The largest absolute Gasteiger partial charge is 0.497 e. The second-order valence-corrected chi connectivity index (χ2v) is 9.87. The predicted molar refractivity (Wildman–Crippen MR) is 148 cm³/mol. The first kappa shape index (κ1) is 26.2. The highest BCUT2D eigenvalue weighted by Crippen LogP contribution is 2.18. The van der Waals surface area contributed by atoms with Gasteiger partial charge in [-0.3, -0.25) is 9.59 Å². The summed E-state index contributed by atoms with van der Waals surface area (Å²) in [5, 5.41) is 1.89. The Morgan fingerprint density at radius 1 is 0.892 bits per heavy atom. The molecule has 0 aliphatic rings. The molecule has 0 radical (unpaired) electrons. The molecule has 0 N–H and O–H groups in total. The van der Waals surface area contributed by atoms with Crippen LogP contribution in [0.25, 0.3) is 0 Å². The molecule has 2 aromatic heterocycles. The SMILES string of the molecule is CCCN(CC(=O)N(Cc1ccccc1)Cc1cccn1Cc1cccc(OC)c1)C(=O)c1cccs1. The lowest BCUT2D eigenvalue weighted by molar-refractivity contribution is -0.133. The number of hydrogen-bond donors (Lipinski definition) is 0. The van der Waals surface area contributed by atoms with Crippen LogP contribution < -0.4 is 4.74 Å². The Bertz CT molecular complexity index is 1280. The number of benzene rings is 2. The Kier molecular flexibility index (Phi) is 9.16. The molecule has 2 amide bonds.